The van der Waals surface area contributed by atoms with Gasteiger partial charge in [-0.05, 0) is 0 Å². The second-order valence-electron chi connectivity index (χ2n) is 2.40. The number of rotatable bonds is 1. The summed E-state index contributed by atoms with van der Waals surface area (Å²) in [4.78, 5) is 21.6. The number of hydrogen-bond acceptors (Lipinski definition) is 3. The van der Waals surface area contributed by atoms with Gasteiger partial charge in [0.05, 0.1) is 0 Å². The molecular weight excluding hydrogens is 170 g/mol. The zero-order chi connectivity index (χ0) is 9.26. The number of imidazole rings is 2. The molecule has 0 saturated carbocycles. The lowest BCUT2D eigenvalue weighted by Gasteiger charge is -1.98. The van der Waals surface area contributed by atoms with Crippen molar-refractivity contribution in [2.75, 3.05) is 0 Å². The number of aromatic amines is 1. The quantitative estimate of drug-likeness (QED) is 0.651. The third kappa shape index (κ3) is 1.18. The fourth-order valence-corrected chi connectivity index (χ4v) is 1.04. The molecule has 0 saturated heterocycles. The van der Waals surface area contributed by atoms with Gasteiger partial charge in [0.25, 0.3) is 0 Å². The van der Waals surface area contributed by atoms with Crippen molar-refractivity contribution in [2.24, 2.45) is 5.73 Å². The monoisotopic (exact) mass is 177 g/mol. The van der Waals surface area contributed by atoms with Crippen LogP contribution in [0.1, 0.15) is 0 Å². The Morgan fingerprint density at radius 3 is 2.92 bits per heavy atom. The van der Waals surface area contributed by atoms with Gasteiger partial charge in [-0.3, -0.25) is 0 Å². The number of hydrogen-bond donors (Lipinski definition) is 2. The fourth-order valence-electron chi connectivity index (χ4n) is 1.04. The van der Waals surface area contributed by atoms with Gasteiger partial charge in [-0.15, -0.1) is 0 Å². The van der Waals surface area contributed by atoms with Crippen LogP contribution in [0.3, 0.4) is 0 Å². The van der Waals surface area contributed by atoms with Crippen LogP contribution in [-0.4, -0.2) is 25.6 Å². The van der Waals surface area contributed by atoms with Gasteiger partial charge in [0, 0.05) is 24.8 Å². The van der Waals surface area contributed by atoms with Crippen molar-refractivity contribution in [1.29, 1.82) is 0 Å². The largest absolute Gasteiger partial charge is 0.351 e. The van der Waals surface area contributed by atoms with Crippen molar-refractivity contribution in [3.63, 3.8) is 0 Å². The minimum atomic E-state index is -0.580. The molecule has 0 aliphatic rings. The number of nitrogens with two attached hydrogens (primary N) is 1. The normalized spacial score (nSPS) is 10.2. The molecule has 0 aliphatic carbocycles. The minimum Gasteiger partial charge on any atom is -0.351 e. The summed E-state index contributed by atoms with van der Waals surface area (Å²) >= 11 is 0. The Bertz CT molecular complexity index is 416. The second kappa shape index (κ2) is 2.74. The number of nitrogens with one attached hydrogen (secondary N) is 1. The van der Waals surface area contributed by atoms with Crippen LogP contribution in [0.25, 0.3) is 11.6 Å². The van der Waals surface area contributed by atoms with Crippen LogP contribution in [0.4, 0.5) is 4.79 Å². The minimum absolute atomic E-state index is 0.414. The summed E-state index contributed by atoms with van der Waals surface area (Å²) in [7, 11) is 0. The highest BCUT2D eigenvalue weighted by Crippen LogP contribution is 2.10. The Kier molecular flexibility index (Phi) is 1.59. The van der Waals surface area contributed by atoms with Crippen LogP contribution in [0.15, 0.2) is 24.8 Å². The van der Waals surface area contributed by atoms with E-state index in [-0.39, 0.29) is 0 Å². The van der Waals surface area contributed by atoms with E-state index in [1.54, 1.807) is 12.4 Å². The van der Waals surface area contributed by atoms with Crippen LogP contribution in [0.2, 0.25) is 0 Å². The third-order valence-electron chi connectivity index (χ3n) is 1.59. The van der Waals surface area contributed by atoms with Crippen LogP contribution in [0.5, 0.6) is 0 Å². The highest BCUT2D eigenvalue weighted by molar-refractivity contribution is 5.78. The first-order chi connectivity index (χ1) is 6.29. The Labute approximate surface area is 73.4 Å². The SMILES string of the molecule is NC(=O)n1ccnc1-c1ncc[nH]1. The molecule has 13 heavy (non-hydrogen) atoms. The summed E-state index contributed by atoms with van der Waals surface area (Å²) in [6.45, 7) is 0. The van der Waals surface area contributed by atoms with E-state index in [0.29, 0.717) is 11.6 Å². The number of carbonyl (C=O) groups is 1. The van der Waals surface area contributed by atoms with Crippen molar-refractivity contribution in [3.05, 3.63) is 24.8 Å². The van der Waals surface area contributed by atoms with Gasteiger partial charge in [-0.1, -0.05) is 0 Å². The van der Waals surface area contributed by atoms with Gasteiger partial charge < -0.3 is 10.7 Å². The lowest BCUT2D eigenvalue weighted by Crippen LogP contribution is -2.19. The number of aromatic nitrogens is 4. The van der Waals surface area contributed by atoms with E-state index in [9.17, 15) is 4.79 Å². The lowest BCUT2D eigenvalue weighted by atomic mass is 10.5. The average molecular weight is 177 g/mol. The Balaban J connectivity index is 2.52. The molecule has 66 valence electrons. The molecule has 0 aliphatic heterocycles. The maximum absolute atomic E-state index is 10.9. The molecule has 1 amide bonds. The second-order valence-corrected chi connectivity index (χ2v) is 2.40. The predicted octanol–water partition coefficient (Wildman–Crippen LogP) is 0.200. The molecular formula is C7H7N5O. The standard InChI is InChI=1S/C7H7N5O/c8-7(13)12-4-3-11-6(12)5-9-1-2-10-5/h1-4H,(H2,8,13)(H,9,10). The van der Waals surface area contributed by atoms with Crippen molar-refractivity contribution in [2.45, 2.75) is 0 Å². The Morgan fingerprint density at radius 2 is 2.31 bits per heavy atom. The van der Waals surface area contributed by atoms with Gasteiger partial charge >= 0.3 is 6.03 Å². The molecule has 2 heterocycles. The number of amides is 1. The van der Waals surface area contributed by atoms with Crippen molar-refractivity contribution < 1.29 is 4.79 Å². The Hall–Kier alpha value is -2.11. The molecule has 3 N–H and O–H groups in total. The van der Waals surface area contributed by atoms with Gasteiger partial charge in [0.1, 0.15) is 0 Å². The first kappa shape index (κ1) is 7.53. The molecule has 0 atom stereocenters. The summed E-state index contributed by atoms with van der Waals surface area (Å²) in [5, 5.41) is 0. The summed E-state index contributed by atoms with van der Waals surface area (Å²) in [5.41, 5.74) is 5.11. The molecule has 2 aromatic rings. The van der Waals surface area contributed by atoms with Crippen LogP contribution < -0.4 is 5.73 Å². The zero-order valence-electron chi connectivity index (χ0n) is 6.64. The summed E-state index contributed by atoms with van der Waals surface area (Å²) in [6, 6.07) is -0.580. The summed E-state index contributed by atoms with van der Waals surface area (Å²) in [5.74, 6) is 0.932. The van der Waals surface area contributed by atoms with Crippen molar-refractivity contribution >= 4 is 6.03 Å². The molecule has 6 heteroatoms. The first-order valence-electron chi connectivity index (χ1n) is 3.62. The number of carbonyl (C=O) groups excluding carboxylic acids is 1. The summed E-state index contributed by atoms with van der Waals surface area (Å²) in [6.07, 6.45) is 6.20. The highest BCUT2D eigenvalue weighted by Gasteiger charge is 2.10. The first-order valence-corrected chi connectivity index (χ1v) is 3.62. The van der Waals surface area contributed by atoms with Gasteiger partial charge in [0.2, 0.25) is 0 Å². The maximum atomic E-state index is 10.9. The van der Waals surface area contributed by atoms with Crippen LogP contribution in [-0.2, 0) is 0 Å². The molecule has 0 unspecified atom stereocenters. The number of primary amides is 1. The Morgan fingerprint density at radius 1 is 1.46 bits per heavy atom. The van der Waals surface area contributed by atoms with Crippen LogP contribution in [0, 0.1) is 0 Å². The zero-order valence-corrected chi connectivity index (χ0v) is 6.64. The van der Waals surface area contributed by atoms with Gasteiger partial charge in [-0.25, -0.2) is 19.3 Å². The van der Waals surface area contributed by atoms with E-state index in [1.165, 1.54) is 17.0 Å². The molecule has 0 fully saturated rings. The number of nitrogens with zero attached hydrogens (tertiary/aromatic N) is 3. The van der Waals surface area contributed by atoms with Crippen molar-refractivity contribution in [3.8, 4) is 11.6 Å². The topological polar surface area (TPSA) is 89.6 Å². The maximum Gasteiger partial charge on any atom is 0.324 e. The fraction of sp³-hybridized carbons (Fsp3) is 0. The van der Waals surface area contributed by atoms with E-state index >= 15 is 0 Å². The predicted molar refractivity (Wildman–Crippen MR) is 44.8 cm³/mol. The molecule has 2 aromatic heterocycles. The van der Waals surface area contributed by atoms with Gasteiger partial charge in [-0.2, -0.15) is 0 Å². The molecule has 0 radical (unpaired) electrons. The average Bonchev–Trinajstić information content (AvgIpc) is 2.74. The van der Waals surface area contributed by atoms with Gasteiger partial charge in [0.15, 0.2) is 11.6 Å². The molecule has 2 rings (SSSR count). The third-order valence-corrected chi connectivity index (χ3v) is 1.59. The summed E-state index contributed by atoms with van der Waals surface area (Å²) < 4.78 is 1.22. The molecule has 0 spiro atoms. The molecule has 0 bridgehead atoms. The van der Waals surface area contributed by atoms with E-state index < -0.39 is 6.03 Å². The number of H-pyrrole nitrogens is 1. The van der Waals surface area contributed by atoms with Crippen molar-refractivity contribution in [1.82, 2.24) is 19.5 Å². The highest BCUT2D eigenvalue weighted by atomic mass is 16.2. The molecule has 6 nitrogen and oxygen atoms in total. The molecule has 0 aromatic carbocycles. The van der Waals surface area contributed by atoms with E-state index in [4.69, 9.17) is 5.73 Å². The van der Waals surface area contributed by atoms with E-state index in [1.807, 2.05) is 0 Å². The smallest absolute Gasteiger partial charge is 0.324 e. The van der Waals surface area contributed by atoms with E-state index in [0.717, 1.165) is 0 Å². The van der Waals surface area contributed by atoms with E-state index in [2.05, 4.69) is 15.0 Å². The lowest BCUT2D eigenvalue weighted by molar-refractivity contribution is 0.250. The van der Waals surface area contributed by atoms with Crippen LogP contribution >= 0.6 is 0 Å².